The van der Waals surface area contributed by atoms with Crippen LogP contribution in [0.2, 0.25) is 0 Å². The van der Waals surface area contributed by atoms with E-state index in [1.165, 1.54) is 18.2 Å². The topological polar surface area (TPSA) is 60.2 Å². The van der Waals surface area contributed by atoms with Gasteiger partial charge in [-0.3, -0.25) is 0 Å². The van der Waals surface area contributed by atoms with Crippen molar-refractivity contribution in [2.75, 3.05) is 5.73 Å². The van der Waals surface area contributed by atoms with Crippen LogP contribution in [-0.4, -0.2) is 8.42 Å². The quantitative estimate of drug-likeness (QED) is 0.700. The van der Waals surface area contributed by atoms with Crippen LogP contribution in [0.15, 0.2) is 41.3 Å². The Labute approximate surface area is 116 Å². The minimum absolute atomic E-state index is 0.123. The zero-order valence-corrected chi connectivity index (χ0v) is 11.5. The Balaban J connectivity index is 2.41. The first-order valence-corrected chi connectivity index (χ1v) is 7.47. The Kier molecular flexibility index (Phi) is 3.76. The van der Waals surface area contributed by atoms with Crippen molar-refractivity contribution in [3.05, 3.63) is 59.2 Å². The minimum Gasteiger partial charge on any atom is -0.398 e. The zero-order chi connectivity index (χ0) is 14.9. The average Bonchev–Trinajstić information content (AvgIpc) is 2.32. The maximum absolute atomic E-state index is 13.0. The molecule has 2 aromatic rings. The Bertz CT molecular complexity index is 758. The largest absolute Gasteiger partial charge is 0.398 e. The van der Waals surface area contributed by atoms with Crippen LogP contribution >= 0.6 is 0 Å². The van der Waals surface area contributed by atoms with Gasteiger partial charge < -0.3 is 5.73 Å². The van der Waals surface area contributed by atoms with Crippen molar-refractivity contribution in [3.8, 4) is 0 Å². The zero-order valence-electron chi connectivity index (χ0n) is 10.7. The van der Waals surface area contributed by atoms with Gasteiger partial charge in [0.2, 0.25) is 0 Å². The van der Waals surface area contributed by atoms with E-state index in [1.807, 2.05) is 0 Å². The number of hydrogen-bond donors (Lipinski definition) is 1. The van der Waals surface area contributed by atoms with E-state index in [2.05, 4.69) is 0 Å². The first-order chi connectivity index (χ1) is 9.29. The van der Waals surface area contributed by atoms with Crippen LogP contribution < -0.4 is 5.73 Å². The molecule has 0 heterocycles. The molecule has 0 atom stereocenters. The lowest BCUT2D eigenvalue weighted by Gasteiger charge is -2.09. The molecule has 6 heteroatoms. The third kappa shape index (κ3) is 2.96. The highest BCUT2D eigenvalue weighted by atomic mass is 32.2. The van der Waals surface area contributed by atoms with Crippen LogP contribution in [0.1, 0.15) is 11.1 Å². The van der Waals surface area contributed by atoms with E-state index in [9.17, 15) is 17.2 Å². The van der Waals surface area contributed by atoms with Crippen LogP contribution in [0.5, 0.6) is 0 Å². The monoisotopic (exact) mass is 297 g/mol. The summed E-state index contributed by atoms with van der Waals surface area (Å²) >= 11 is 0. The molecule has 2 aromatic carbocycles. The average molecular weight is 297 g/mol. The normalized spacial score (nSPS) is 11.6. The molecule has 3 nitrogen and oxygen atoms in total. The van der Waals surface area contributed by atoms with Crippen LogP contribution in [0, 0.1) is 18.6 Å². The molecule has 0 amide bonds. The van der Waals surface area contributed by atoms with E-state index in [-0.39, 0.29) is 16.3 Å². The molecule has 0 fully saturated rings. The molecular formula is C14H13F2NO2S. The molecule has 2 N–H and O–H groups in total. The number of rotatable bonds is 3. The molecule has 2 rings (SSSR count). The van der Waals surface area contributed by atoms with Crippen LogP contribution in [0.25, 0.3) is 0 Å². The summed E-state index contributed by atoms with van der Waals surface area (Å²) in [5, 5.41) is 0. The fourth-order valence-electron chi connectivity index (χ4n) is 1.91. The lowest BCUT2D eigenvalue weighted by atomic mass is 10.1. The molecule has 0 aliphatic heterocycles. The summed E-state index contributed by atoms with van der Waals surface area (Å²) in [7, 11) is -3.71. The van der Waals surface area contributed by atoms with Crippen molar-refractivity contribution in [2.45, 2.75) is 17.6 Å². The summed E-state index contributed by atoms with van der Waals surface area (Å²) in [4.78, 5) is -0.123. The van der Waals surface area contributed by atoms with E-state index in [0.29, 0.717) is 11.1 Å². The molecule has 0 spiro atoms. The minimum atomic E-state index is -3.71. The summed E-state index contributed by atoms with van der Waals surface area (Å²) in [5.41, 5.74) is 6.43. The third-order valence-corrected chi connectivity index (χ3v) is 4.69. The fourth-order valence-corrected chi connectivity index (χ4v) is 3.49. The SMILES string of the molecule is Cc1cc(F)ccc1CS(=O)(=O)c1ccc(F)cc1N. The standard InChI is InChI=1S/C14H13F2NO2S/c1-9-6-11(15)3-2-10(9)8-20(18,19)14-5-4-12(16)7-13(14)17/h2-7H,8,17H2,1H3. The molecule has 0 aromatic heterocycles. The molecule has 0 saturated heterocycles. The fraction of sp³-hybridized carbons (Fsp3) is 0.143. The second-order valence-corrected chi connectivity index (χ2v) is 6.47. The molecule has 0 unspecified atom stereocenters. The second-order valence-electron chi connectivity index (χ2n) is 4.51. The molecular weight excluding hydrogens is 284 g/mol. The highest BCUT2D eigenvalue weighted by Gasteiger charge is 2.19. The van der Waals surface area contributed by atoms with Crippen molar-refractivity contribution in [1.29, 1.82) is 0 Å². The maximum atomic E-state index is 13.0. The van der Waals surface area contributed by atoms with Crippen molar-refractivity contribution in [1.82, 2.24) is 0 Å². The van der Waals surface area contributed by atoms with Gasteiger partial charge in [-0.2, -0.15) is 0 Å². The van der Waals surface area contributed by atoms with Crippen LogP contribution in [-0.2, 0) is 15.6 Å². The smallest absolute Gasteiger partial charge is 0.184 e. The van der Waals surface area contributed by atoms with E-state index in [0.717, 1.165) is 18.2 Å². The summed E-state index contributed by atoms with van der Waals surface area (Å²) in [6.07, 6.45) is 0. The van der Waals surface area contributed by atoms with E-state index >= 15 is 0 Å². The van der Waals surface area contributed by atoms with Gasteiger partial charge in [0.05, 0.1) is 16.3 Å². The summed E-state index contributed by atoms with van der Waals surface area (Å²) in [5.74, 6) is -1.33. The first kappa shape index (κ1) is 14.5. The van der Waals surface area contributed by atoms with Crippen molar-refractivity contribution in [3.63, 3.8) is 0 Å². The van der Waals surface area contributed by atoms with Gasteiger partial charge in [-0.05, 0) is 48.4 Å². The van der Waals surface area contributed by atoms with Crippen molar-refractivity contribution in [2.24, 2.45) is 0 Å². The number of nitrogen functional groups attached to an aromatic ring is 1. The molecule has 0 aliphatic carbocycles. The number of benzene rings is 2. The van der Waals surface area contributed by atoms with E-state index < -0.39 is 21.5 Å². The Morgan fingerprint density at radius 2 is 1.65 bits per heavy atom. The third-order valence-electron chi connectivity index (χ3n) is 2.96. The molecule has 0 saturated carbocycles. The van der Waals surface area contributed by atoms with Gasteiger partial charge in [-0.1, -0.05) is 6.07 Å². The van der Waals surface area contributed by atoms with Gasteiger partial charge in [-0.25, -0.2) is 17.2 Å². The first-order valence-electron chi connectivity index (χ1n) is 5.82. The lowest BCUT2D eigenvalue weighted by Crippen LogP contribution is -2.09. The predicted molar refractivity (Wildman–Crippen MR) is 72.8 cm³/mol. The number of anilines is 1. The molecule has 20 heavy (non-hydrogen) atoms. The van der Waals surface area contributed by atoms with Gasteiger partial charge in [0.15, 0.2) is 9.84 Å². The Hall–Kier alpha value is -1.95. The van der Waals surface area contributed by atoms with Crippen LogP contribution in [0.4, 0.5) is 14.5 Å². The number of hydrogen-bond acceptors (Lipinski definition) is 3. The van der Waals surface area contributed by atoms with E-state index in [1.54, 1.807) is 6.92 Å². The van der Waals surface area contributed by atoms with Crippen molar-refractivity contribution < 1.29 is 17.2 Å². The van der Waals surface area contributed by atoms with Gasteiger partial charge in [0.1, 0.15) is 11.6 Å². The van der Waals surface area contributed by atoms with E-state index in [4.69, 9.17) is 5.73 Å². The molecule has 0 aliphatic rings. The van der Waals surface area contributed by atoms with Gasteiger partial charge in [0, 0.05) is 0 Å². The molecule has 0 bridgehead atoms. The highest BCUT2D eigenvalue weighted by molar-refractivity contribution is 7.90. The highest BCUT2D eigenvalue weighted by Crippen LogP contribution is 2.24. The van der Waals surface area contributed by atoms with Gasteiger partial charge >= 0.3 is 0 Å². The Morgan fingerprint density at radius 3 is 2.25 bits per heavy atom. The predicted octanol–water partition coefficient (Wildman–Crippen LogP) is 2.83. The molecule has 106 valence electrons. The lowest BCUT2D eigenvalue weighted by molar-refractivity contribution is 0.594. The van der Waals surface area contributed by atoms with Gasteiger partial charge in [-0.15, -0.1) is 0 Å². The number of halogens is 2. The Morgan fingerprint density at radius 1 is 1.05 bits per heavy atom. The number of sulfone groups is 1. The molecule has 0 radical (unpaired) electrons. The van der Waals surface area contributed by atoms with Crippen LogP contribution in [0.3, 0.4) is 0 Å². The van der Waals surface area contributed by atoms with Gasteiger partial charge in [0.25, 0.3) is 0 Å². The maximum Gasteiger partial charge on any atom is 0.184 e. The summed E-state index contributed by atoms with van der Waals surface area (Å²) in [6, 6.07) is 7.02. The number of nitrogens with two attached hydrogens (primary N) is 1. The second kappa shape index (κ2) is 5.20. The number of aryl methyl sites for hydroxylation is 1. The summed E-state index contributed by atoms with van der Waals surface area (Å²) < 4.78 is 50.5. The summed E-state index contributed by atoms with van der Waals surface area (Å²) in [6.45, 7) is 1.63. The van der Waals surface area contributed by atoms with Crippen molar-refractivity contribution >= 4 is 15.5 Å².